The summed E-state index contributed by atoms with van der Waals surface area (Å²) in [6, 6.07) is 6.92. The summed E-state index contributed by atoms with van der Waals surface area (Å²) in [6.45, 7) is 6.94. The highest BCUT2D eigenvalue weighted by molar-refractivity contribution is 7.15. The van der Waals surface area contributed by atoms with Gasteiger partial charge in [-0.3, -0.25) is 14.7 Å². The van der Waals surface area contributed by atoms with Crippen LogP contribution in [0.4, 0.5) is 5.13 Å². The van der Waals surface area contributed by atoms with Gasteiger partial charge in [-0.05, 0) is 56.0 Å². The van der Waals surface area contributed by atoms with Crippen LogP contribution in [0.5, 0.6) is 5.75 Å². The third-order valence-electron chi connectivity index (χ3n) is 5.42. The summed E-state index contributed by atoms with van der Waals surface area (Å²) in [7, 11) is 0. The predicted molar refractivity (Wildman–Crippen MR) is 117 cm³/mol. The highest BCUT2D eigenvalue weighted by Crippen LogP contribution is 2.28. The summed E-state index contributed by atoms with van der Waals surface area (Å²) >= 11 is 1.53. The zero-order chi connectivity index (χ0) is 20.2. The van der Waals surface area contributed by atoms with Gasteiger partial charge in [-0.1, -0.05) is 6.07 Å². The van der Waals surface area contributed by atoms with Crippen LogP contribution in [0.15, 0.2) is 41.2 Å². The number of hydrogen-bond acceptors (Lipinski definition) is 6. The van der Waals surface area contributed by atoms with Gasteiger partial charge in [-0.15, -0.1) is 11.3 Å². The Labute approximate surface area is 175 Å². The van der Waals surface area contributed by atoms with E-state index in [9.17, 15) is 4.79 Å². The number of carbonyl (C=O) groups is 1. The number of rotatable bonds is 6. The van der Waals surface area contributed by atoms with Gasteiger partial charge in [0.05, 0.1) is 0 Å². The lowest BCUT2D eigenvalue weighted by Gasteiger charge is -2.26. The molecule has 0 saturated heterocycles. The lowest BCUT2D eigenvalue weighted by Crippen LogP contribution is -2.33. The van der Waals surface area contributed by atoms with Gasteiger partial charge >= 0.3 is 0 Å². The summed E-state index contributed by atoms with van der Waals surface area (Å²) in [6.07, 6.45) is 7.43. The molecule has 7 heteroatoms. The Kier molecular flexibility index (Phi) is 6.06. The highest BCUT2D eigenvalue weighted by atomic mass is 32.1. The monoisotopic (exact) mass is 410 g/mol. The van der Waals surface area contributed by atoms with E-state index < -0.39 is 0 Å². The second-order valence-corrected chi connectivity index (χ2v) is 8.70. The van der Waals surface area contributed by atoms with Gasteiger partial charge in [0.1, 0.15) is 11.5 Å². The number of amides is 1. The highest BCUT2D eigenvalue weighted by Gasteiger charge is 2.22. The molecule has 6 nitrogen and oxygen atoms in total. The standard InChI is InChI=1S/C22H26N4O2S/c1-15-9-20(5-7-23-15)28-19-4-3-17-6-8-26(16(2)10-18(17)11-19)13-21-12-24-22(29-21)25-14-27/h3-4,9,11-12,14,16H,5-8,10,13H2,1-2H3,(H,24,25,27). The van der Waals surface area contributed by atoms with E-state index in [1.54, 1.807) is 0 Å². The average Bonchev–Trinajstić information content (AvgIpc) is 3.07. The number of nitrogens with zero attached hydrogens (tertiary/aromatic N) is 3. The minimum absolute atomic E-state index is 0.416. The van der Waals surface area contributed by atoms with Crippen molar-refractivity contribution in [2.24, 2.45) is 4.99 Å². The van der Waals surface area contributed by atoms with Crippen molar-refractivity contribution in [2.75, 3.05) is 18.4 Å². The number of benzene rings is 1. The fourth-order valence-corrected chi connectivity index (χ4v) is 4.69. The number of allylic oxidation sites excluding steroid dienone is 1. The molecule has 1 aromatic carbocycles. The van der Waals surface area contributed by atoms with Crippen molar-refractivity contribution in [3.8, 4) is 5.75 Å². The molecule has 2 aliphatic rings. The lowest BCUT2D eigenvalue weighted by molar-refractivity contribution is -0.105. The number of aliphatic imine (C=N–C) groups is 1. The summed E-state index contributed by atoms with van der Waals surface area (Å²) < 4.78 is 6.14. The SMILES string of the molecule is CC1=NCCC(Oc2ccc3c(c2)CC(C)N(Cc2cnc(NC=O)s2)CC3)=C1. The number of dihydropyridines is 1. The van der Waals surface area contributed by atoms with Crippen molar-refractivity contribution in [3.63, 3.8) is 0 Å². The Morgan fingerprint density at radius 2 is 2.24 bits per heavy atom. The van der Waals surface area contributed by atoms with Crippen LogP contribution in [0.1, 0.15) is 36.3 Å². The first-order valence-corrected chi connectivity index (χ1v) is 10.8. The molecule has 0 bridgehead atoms. The van der Waals surface area contributed by atoms with Crippen molar-refractivity contribution in [2.45, 2.75) is 45.7 Å². The van der Waals surface area contributed by atoms with Gasteiger partial charge in [0.2, 0.25) is 6.41 Å². The second-order valence-electron chi connectivity index (χ2n) is 7.58. The smallest absolute Gasteiger partial charge is 0.213 e. The molecule has 29 heavy (non-hydrogen) atoms. The van der Waals surface area contributed by atoms with Crippen LogP contribution in [0, 0.1) is 0 Å². The normalized spacial score (nSPS) is 19.6. The van der Waals surface area contributed by atoms with Crippen molar-refractivity contribution in [1.29, 1.82) is 0 Å². The van der Waals surface area contributed by atoms with Crippen LogP contribution in [-0.2, 0) is 24.2 Å². The van der Waals surface area contributed by atoms with Gasteiger partial charge in [0.15, 0.2) is 5.13 Å². The number of hydrogen-bond donors (Lipinski definition) is 1. The molecule has 3 heterocycles. The number of nitrogens with one attached hydrogen (secondary N) is 1. The van der Waals surface area contributed by atoms with Crippen LogP contribution in [0.25, 0.3) is 0 Å². The maximum atomic E-state index is 10.6. The largest absolute Gasteiger partial charge is 0.462 e. The fraction of sp³-hybridized carbons (Fsp3) is 0.409. The van der Waals surface area contributed by atoms with Crippen LogP contribution in [-0.4, -0.2) is 41.1 Å². The molecule has 1 amide bonds. The van der Waals surface area contributed by atoms with Gasteiger partial charge in [0, 0.05) is 48.9 Å². The summed E-state index contributed by atoms with van der Waals surface area (Å²) in [4.78, 5) is 22.9. The summed E-state index contributed by atoms with van der Waals surface area (Å²) in [5, 5.41) is 3.28. The summed E-state index contributed by atoms with van der Waals surface area (Å²) in [5.41, 5.74) is 3.79. The fourth-order valence-electron chi connectivity index (χ4n) is 3.89. The first-order valence-electron chi connectivity index (χ1n) is 10.0. The molecule has 0 radical (unpaired) electrons. The molecule has 1 atom stereocenters. The predicted octanol–water partition coefficient (Wildman–Crippen LogP) is 3.83. The molecule has 0 saturated carbocycles. The van der Waals surface area contributed by atoms with Crippen LogP contribution < -0.4 is 10.1 Å². The van der Waals surface area contributed by atoms with Crippen molar-refractivity contribution < 1.29 is 9.53 Å². The Balaban J connectivity index is 1.44. The molecule has 2 aliphatic heterocycles. The van der Waals surface area contributed by atoms with E-state index in [-0.39, 0.29) is 0 Å². The number of aromatic nitrogens is 1. The maximum absolute atomic E-state index is 10.6. The quantitative estimate of drug-likeness (QED) is 0.735. The Morgan fingerprint density at radius 3 is 3.07 bits per heavy atom. The Bertz CT molecular complexity index is 950. The van der Waals surface area contributed by atoms with Crippen molar-refractivity contribution in [3.05, 3.63) is 52.2 Å². The van der Waals surface area contributed by atoms with E-state index in [4.69, 9.17) is 4.74 Å². The van der Waals surface area contributed by atoms with E-state index in [1.165, 1.54) is 22.5 Å². The average molecular weight is 411 g/mol. The zero-order valence-electron chi connectivity index (χ0n) is 16.9. The van der Waals surface area contributed by atoms with Crippen molar-refractivity contribution in [1.82, 2.24) is 9.88 Å². The van der Waals surface area contributed by atoms with Crippen LogP contribution in [0.2, 0.25) is 0 Å². The van der Waals surface area contributed by atoms with Gasteiger partial charge in [-0.2, -0.15) is 0 Å². The van der Waals surface area contributed by atoms with E-state index in [2.05, 4.69) is 45.3 Å². The first-order chi connectivity index (χ1) is 14.1. The molecule has 0 spiro atoms. The molecule has 1 N–H and O–H groups in total. The Morgan fingerprint density at radius 1 is 1.34 bits per heavy atom. The molecule has 2 aromatic rings. The van der Waals surface area contributed by atoms with E-state index in [0.717, 1.165) is 61.0 Å². The number of ether oxygens (including phenoxy) is 1. The molecule has 1 unspecified atom stereocenters. The molecular formula is C22H26N4O2S. The molecule has 1 aromatic heterocycles. The minimum Gasteiger partial charge on any atom is -0.462 e. The number of anilines is 1. The molecule has 0 aliphatic carbocycles. The second kappa shape index (κ2) is 8.88. The molecule has 4 rings (SSSR count). The van der Waals surface area contributed by atoms with Crippen LogP contribution in [0.3, 0.4) is 0 Å². The minimum atomic E-state index is 0.416. The zero-order valence-corrected chi connectivity index (χ0v) is 17.7. The molecular weight excluding hydrogens is 384 g/mol. The maximum Gasteiger partial charge on any atom is 0.213 e. The number of carbonyl (C=O) groups excluding carboxylic acids is 1. The number of fused-ring (bicyclic) bond motifs is 1. The van der Waals surface area contributed by atoms with Gasteiger partial charge in [0.25, 0.3) is 0 Å². The van der Waals surface area contributed by atoms with Crippen molar-refractivity contribution >= 4 is 28.6 Å². The topological polar surface area (TPSA) is 66.8 Å². The van der Waals surface area contributed by atoms with E-state index >= 15 is 0 Å². The lowest BCUT2D eigenvalue weighted by atomic mass is 10.0. The third-order valence-corrected chi connectivity index (χ3v) is 6.33. The molecule has 152 valence electrons. The van der Waals surface area contributed by atoms with E-state index in [1.807, 2.05) is 19.2 Å². The molecule has 0 fully saturated rings. The van der Waals surface area contributed by atoms with Crippen LogP contribution >= 0.6 is 11.3 Å². The summed E-state index contributed by atoms with van der Waals surface area (Å²) in [5.74, 6) is 1.91. The third kappa shape index (κ3) is 4.92. The van der Waals surface area contributed by atoms with Gasteiger partial charge in [-0.25, -0.2) is 4.98 Å². The first kappa shape index (κ1) is 19.8. The van der Waals surface area contributed by atoms with E-state index in [0.29, 0.717) is 17.6 Å². The number of thiazole rings is 1. The van der Waals surface area contributed by atoms with Gasteiger partial charge < -0.3 is 10.1 Å². The Hall–Kier alpha value is -2.51.